The van der Waals surface area contributed by atoms with Gasteiger partial charge in [0.05, 0.1) is 14.2 Å². The molecule has 0 aliphatic carbocycles. The van der Waals surface area contributed by atoms with Crippen LogP contribution in [0.4, 0.5) is 0 Å². The molecule has 0 fully saturated rings. The van der Waals surface area contributed by atoms with Crippen molar-refractivity contribution < 1.29 is 19.1 Å². The fourth-order valence-corrected chi connectivity index (χ4v) is 3.58. The van der Waals surface area contributed by atoms with E-state index in [1.54, 1.807) is 19.2 Å². The number of fused-ring (bicyclic) bond motifs is 1. The first-order valence-corrected chi connectivity index (χ1v) is 9.06. The summed E-state index contributed by atoms with van der Waals surface area (Å²) in [6.07, 6.45) is 4.11. The number of nitrogens with two attached hydrogens (primary N) is 1. The van der Waals surface area contributed by atoms with Crippen LogP contribution in [0.2, 0.25) is 0 Å². The fourth-order valence-electron chi connectivity index (χ4n) is 3.58. The molecule has 28 heavy (non-hydrogen) atoms. The van der Waals surface area contributed by atoms with Gasteiger partial charge in [-0.3, -0.25) is 9.59 Å². The largest absolute Gasteiger partial charge is 0.493 e. The fraction of sp³-hybridized carbons (Fsp3) is 0.273. The summed E-state index contributed by atoms with van der Waals surface area (Å²) < 4.78 is 10.8. The lowest BCUT2D eigenvalue weighted by molar-refractivity contribution is -0.122. The molecule has 6 nitrogen and oxygen atoms in total. The highest BCUT2D eigenvalue weighted by atomic mass is 16.5. The molecule has 6 heteroatoms. The molecule has 0 saturated heterocycles. The molecule has 1 aliphatic rings. The molecule has 2 amide bonds. The molecule has 1 aliphatic heterocycles. The molecular formula is C22H24N2O4. The van der Waals surface area contributed by atoms with Gasteiger partial charge < -0.3 is 20.1 Å². The van der Waals surface area contributed by atoms with E-state index in [4.69, 9.17) is 15.2 Å². The number of ether oxygens (including phenoxy) is 2. The van der Waals surface area contributed by atoms with Crippen molar-refractivity contribution >= 4 is 17.9 Å². The molecular weight excluding hydrogens is 356 g/mol. The summed E-state index contributed by atoms with van der Waals surface area (Å²) >= 11 is 0. The topological polar surface area (TPSA) is 81.9 Å². The van der Waals surface area contributed by atoms with Crippen LogP contribution in [0.3, 0.4) is 0 Å². The number of hydrogen-bond donors (Lipinski definition) is 1. The number of benzene rings is 2. The van der Waals surface area contributed by atoms with Gasteiger partial charge in [0.15, 0.2) is 11.5 Å². The predicted molar refractivity (Wildman–Crippen MR) is 107 cm³/mol. The SMILES string of the molecule is C/C=C/c1cc(C(=O)N2Cc3ccccc3CC2C(N)=O)cc(OC)c1OC. The number of rotatable bonds is 5. The first-order chi connectivity index (χ1) is 13.5. The van der Waals surface area contributed by atoms with E-state index in [-0.39, 0.29) is 5.91 Å². The highest BCUT2D eigenvalue weighted by Gasteiger charge is 2.34. The van der Waals surface area contributed by atoms with Gasteiger partial charge in [-0.1, -0.05) is 36.4 Å². The maximum atomic E-state index is 13.3. The molecule has 146 valence electrons. The predicted octanol–water partition coefficient (Wildman–Crippen LogP) is 2.79. The second-order valence-electron chi connectivity index (χ2n) is 6.63. The van der Waals surface area contributed by atoms with Crippen molar-refractivity contribution in [3.05, 3.63) is 64.7 Å². The molecule has 1 heterocycles. The zero-order chi connectivity index (χ0) is 20.3. The van der Waals surface area contributed by atoms with E-state index in [1.165, 1.54) is 12.0 Å². The van der Waals surface area contributed by atoms with Gasteiger partial charge in [0.2, 0.25) is 5.91 Å². The van der Waals surface area contributed by atoms with Crippen LogP contribution < -0.4 is 15.2 Å². The van der Waals surface area contributed by atoms with Crippen LogP contribution in [0, 0.1) is 0 Å². The third-order valence-corrected chi connectivity index (χ3v) is 4.94. The Morgan fingerprint density at radius 1 is 1.14 bits per heavy atom. The lowest BCUT2D eigenvalue weighted by Gasteiger charge is -2.35. The molecule has 0 spiro atoms. The quantitative estimate of drug-likeness (QED) is 0.865. The van der Waals surface area contributed by atoms with Crippen LogP contribution in [0.5, 0.6) is 11.5 Å². The molecule has 3 rings (SSSR count). The van der Waals surface area contributed by atoms with Crippen molar-refractivity contribution in [3.8, 4) is 11.5 Å². The van der Waals surface area contributed by atoms with Crippen LogP contribution in [-0.2, 0) is 17.8 Å². The van der Waals surface area contributed by atoms with Gasteiger partial charge in [-0.25, -0.2) is 0 Å². The van der Waals surface area contributed by atoms with Gasteiger partial charge in [0.25, 0.3) is 5.91 Å². The Labute approximate surface area is 164 Å². The summed E-state index contributed by atoms with van der Waals surface area (Å²) in [5.74, 6) is 0.212. The zero-order valence-corrected chi connectivity index (χ0v) is 16.3. The second kappa shape index (κ2) is 8.17. The summed E-state index contributed by atoms with van der Waals surface area (Å²) in [4.78, 5) is 27.0. The van der Waals surface area contributed by atoms with E-state index in [9.17, 15) is 9.59 Å². The Hall–Kier alpha value is -3.28. The number of carbonyl (C=O) groups is 2. The number of allylic oxidation sites excluding steroid dienone is 1. The summed E-state index contributed by atoms with van der Waals surface area (Å²) in [6, 6.07) is 10.5. The highest BCUT2D eigenvalue weighted by Crippen LogP contribution is 2.35. The standard InChI is InChI=1S/C22H24N2O4/c1-4-7-15-10-17(12-19(27-2)20(15)28-3)22(26)24-13-16-9-6-5-8-14(16)11-18(24)21(23)25/h4-10,12,18H,11,13H2,1-3H3,(H2,23,25)/b7-4+. The highest BCUT2D eigenvalue weighted by molar-refractivity contribution is 5.99. The van der Waals surface area contributed by atoms with E-state index in [1.807, 2.05) is 43.3 Å². The number of primary amides is 1. The Balaban J connectivity index is 2.05. The Kier molecular flexibility index (Phi) is 5.68. The summed E-state index contributed by atoms with van der Waals surface area (Å²) in [5, 5.41) is 0. The van der Waals surface area contributed by atoms with Gasteiger partial charge in [-0.05, 0) is 30.2 Å². The van der Waals surface area contributed by atoms with Gasteiger partial charge in [-0.15, -0.1) is 0 Å². The molecule has 1 atom stereocenters. The summed E-state index contributed by atoms with van der Waals surface area (Å²) in [5.41, 5.74) is 8.81. The number of carbonyl (C=O) groups excluding carboxylic acids is 2. The zero-order valence-electron chi connectivity index (χ0n) is 16.3. The molecule has 0 radical (unpaired) electrons. The lowest BCUT2D eigenvalue weighted by Crippen LogP contribution is -2.51. The lowest BCUT2D eigenvalue weighted by atomic mass is 9.92. The number of hydrogen-bond acceptors (Lipinski definition) is 4. The van der Waals surface area contributed by atoms with Crippen LogP contribution in [0.1, 0.15) is 34.0 Å². The van der Waals surface area contributed by atoms with Gasteiger partial charge in [0.1, 0.15) is 6.04 Å². The minimum atomic E-state index is -0.694. The minimum absolute atomic E-state index is 0.273. The number of amides is 2. The average Bonchev–Trinajstić information content (AvgIpc) is 2.71. The third kappa shape index (κ3) is 3.58. The van der Waals surface area contributed by atoms with Crippen molar-refractivity contribution in [2.24, 2.45) is 5.73 Å². The molecule has 0 aromatic heterocycles. The number of methoxy groups -OCH3 is 2. The Morgan fingerprint density at radius 3 is 2.46 bits per heavy atom. The van der Waals surface area contributed by atoms with E-state index in [0.717, 1.165) is 16.7 Å². The van der Waals surface area contributed by atoms with Gasteiger partial charge in [0, 0.05) is 24.1 Å². The van der Waals surface area contributed by atoms with Crippen LogP contribution >= 0.6 is 0 Å². The van der Waals surface area contributed by atoms with Crippen LogP contribution in [0.15, 0.2) is 42.5 Å². The monoisotopic (exact) mass is 380 g/mol. The first kappa shape index (κ1) is 19.5. The molecule has 2 aromatic rings. The first-order valence-electron chi connectivity index (χ1n) is 9.06. The molecule has 0 saturated carbocycles. The molecule has 2 N–H and O–H groups in total. The van der Waals surface area contributed by atoms with Crippen molar-refractivity contribution in [2.75, 3.05) is 14.2 Å². The van der Waals surface area contributed by atoms with E-state index in [2.05, 4.69) is 0 Å². The van der Waals surface area contributed by atoms with Gasteiger partial charge in [-0.2, -0.15) is 0 Å². The maximum absolute atomic E-state index is 13.3. The smallest absolute Gasteiger partial charge is 0.255 e. The molecule has 0 bridgehead atoms. The summed E-state index contributed by atoms with van der Waals surface area (Å²) in [6.45, 7) is 2.21. The van der Waals surface area contributed by atoms with E-state index >= 15 is 0 Å². The number of nitrogens with zero attached hydrogens (tertiary/aromatic N) is 1. The van der Waals surface area contributed by atoms with Crippen LogP contribution in [0.25, 0.3) is 6.08 Å². The Bertz CT molecular complexity index is 936. The normalized spacial score (nSPS) is 16.0. The van der Waals surface area contributed by atoms with Crippen molar-refractivity contribution in [1.82, 2.24) is 4.90 Å². The van der Waals surface area contributed by atoms with Crippen molar-refractivity contribution in [3.63, 3.8) is 0 Å². The minimum Gasteiger partial charge on any atom is -0.493 e. The van der Waals surface area contributed by atoms with Gasteiger partial charge >= 0.3 is 0 Å². The van der Waals surface area contributed by atoms with E-state index < -0.39 is 11.9 Å². The third-order valence-electron chi connectivity index (χ3n) is 4.94. The molecule has 1 unspecified atom stereocenters. The average molecular weight is 380 g/mol. The van der Waals surface area contributed by atoms with Crippen molar-refractivity contribution in [1.29, 1.82) is 0 Å². The van der Waals surface area contributed by atoms with Crippen molar-refractivity contribution in [2.45, 2.75) is 25.9 Å². The Morgan fingerprint density at radius 2 is 1.86 bits per heavy atom. The second-order valence-corrected chi connectivity index (χ2v) is 6.63. The van der Waals surface area contributed by atoms with Crippen LogP contribution in [-0.4, -0.2) is 37.0 Å². The van der Waals surface area contributed by atoms with E-state index in [0.29, 0.717) is 30.0 Å². The summed E-state index contributed by atoms with van der Waals surface area (Å²) in [7, 11) is 3.08. The maximum Gasteiger partial charge on any atom is 0.255 e. The molecule has 2 aromatic carbocycles.